The van der Waals surface area contributed by atoms with E-state index in [1.165, 1.54) is 6.42 Å². The molecule has 3 heteroatoms. The summed E-state index contributed by atoms with van der Waals surface area (Å²) in [7, 11) is 0. The molecule has 2 aliphatic rings. The summed E-state index contributed by atoms with van der Waals surface area (Å²) in [5.41, 5.74) is -0.217. The second-order valence-electron chi connectivity index (χ2n) is 4.90. The van der Waals surface area contributed by atoms with Crippen molar-refractivity contribution in [3.05, 3.63) is 0 Å². The van der Waals surface area contributed by atoms with Crippen LogP contribution in [0.3, 0.4) is 0 Å². The highest BCUT2D eigenvalue weighted by Gasteiger charge is 2.44. The van der Waals surface area contributed by atoms with Gasteiger partial charge in [-0.05, 0) is 33.1 Å². The number of carbonyl (C=O) groups is 1. The molecule has 14 heavy (non-hydrogen) atoms. The van der Waals surface area contributed by atoms with Crippen LogP contribution in [0, 0.1) is 5.41 Å². The fraction of sp³-hybridized carbons (Fsp3) is 0.909. The molecule has 1 atom stereocenters. The van der Waals surface area contributed by atoms with Crippen LogP contribution in [0.5, 0.6) is 0 Å². The summed E-state index contributed by atoms with van der Waals surface area (Å²) in [5.74, 6) is 0.302. The van der Waals surface area contributed by atoms with Crippen molar-refractivity contribution >= 4 is 5.91 Å². The van der Waals surface area contributed by atoms with Crippen molar-refractivity contribution < 1.29 is 9.53 Å². The van der Waals surface area contributed by atoms with Crippen molar-refractivity contribution in [3.8, 4) is 0 Å². The van der Waals surface area contributed by atoms with Gasteiger partial charge in [0.15, 0.2) is 0 Å². The van der Waals surface area contributed by atoms with E-state index < -0.39 is 0 Å². The van der Waals surface area contributed by atoms with Gasteiger partial charge in [0.2, 0.25) is 5.91 Å². The maximum Gasteiger partial charge on any atom is 0.233 e. The number of hydrogen-bond donors (Lipinski definition) is 0. The molecule has 0 N–H and O–H groups in total. The van der Waals surface area contributed by atoms with E-state index in [-0.39, 0.29) is 5.41 Å². The van der Waals surface area contributed by atoms with Crippen molar-refractivity contribution in [1.29, 1.82) is 0 Å². The van der Waals surface area contributed by atoms with Crippen LogP contribution >= 0.6 is 0 Å². The van der Waals surface area contributed by atoms with Crippen LogP contribution < -0.4 is 0 Å². The van der Waals surface area contributed by atoms with Crippen molar-refractivity contribution in [3.63, 3.8) is 0 Å². The number of rotatable bonds is 1. The van der Waals surface area contributed by atoms with Crippen LogP contribution in [-0.4, -0.2) is 36.6 Å². The molecule has 0 aromatic heterocycles. The molecule has 2 heterocycles. The molecule has 0 aromatic rings. The van der Waals surface area contributed by atoms with Gasteiger partial charge in [0.05, 0.1) is 18.6 Å². The Morgan fingerprint density at radius 3 is 2.64 bits per heavy atom. The van der Waals surface area contributed by atoms with E-state index in [4.69, 9.17) is 4.74 Å². The Morgan fingerprint density at radius 1 is 1.43 bits per heavy atom. The van der Waals surface area contributed by atoms with E-state index in [0.29, 0.717) is 25.2 Å². The average Bonchev–Trinajstić information content (AvgIpc) is 2.14. The van der Waals surface area contributed by atoms with Gasteiger partial charge in [0.25, 0.3) is 0 Å². The lowest BCUT2D eigenvalue weighted by molar-refractivity contribution is -0.171. The molecule has 0 unspecified atom stereocenters. The minimum absolute atomic E-state index is 0.217. The highest BCUT2D eigenvalue weighted by Crippen LogP contribution is 2.31. The molecule has 2 aliphatic heterocycles. The third-order valence-corrected chi connectivity index (χ3v) is 3.42. The minimum atomic E-state index is -0.217. The first-order valence-corrected chi connectivity index (χ1v) is 5.52. The van der Waals surface area contributed by atoms with E-state index in [1.807, 2.05) is 11.8 Å². The molecule has 80 valence electrons. The summed E-state index contributed by atoms with van der Waals surface area (Å²) in [6.45, 7) is 6.32. The number of ether oxygens (including phenoxy) is 1. The predicted molar refractivity (Wildman–Crippen MR) is 54.0 cm³/mol. The molecule has 2 fully saturated rings. The number of hydrogen-bond acceptors (Lipinski definition) is 2. The Morgan fingerprint density at radius 2 is 2.14 bits per heavy atom. The summed E-state index contributed by atoms with van der Waals surface area (Å²) in [6.07, 6.45) is 3.58. The summed E-state index contributed by atoms with van der Waals surface area (Å²) in [4.78, 5) is 14.2. The van der Waals surface area contributed by atoms with Crippen LogP contribution in [-0.2, 0) is 9.53 Å². The van der Waals surface area contributed by atoms with Crippen molar-refractivity contribution in [2.45, 2.75) is 39.2 Å². The topological polar surface area (TPSA) is 29.5 Å². The standard InChI is InChI=1S/C11H19NO2/c1-9-5-3-4-6-12(9)10(13)11(2)7-14-8-11/h9H,3-8H2,1-2H3/t9-/m0/s1. The Balaban J connectivity index is 2.02. The second-order valence-corrected chi connectivity index (χ2v) is 4.90. The zero-order valence-electron chi connectivity index (χ0n) is 9.08. The first-order valence-electron chi connectivity index (χ1n) is 5.52. The predicted octanol–water partition coefficient (Wildman–Crippen LogP) is 1.42. The maximum absolute atomic E-state index is 12.2. The fourth-order valence-corrected chi connectivity index (χ4v) is 2.28. The normalized spacial score (nSPS) is 31.0. The highest BCUT2D eigenvalue weighted by molar-refractivity contribution is 5.83. The number of carbonyl (C=O) groups excluding carboxylic acids is 1. The molecule has 3 nitrogen and oxygen atoms in total. The van der Waals surface area contributed by atoms with E-state index >= 15 is 0 Å². The van der Waals surface area contributed by atoms with Gasteiger partial charge in [0, 0.05) is 12.6 Å². The number of piperidine rings is 1. The third-order valence-electron chi connectivity index (χ3n) is 3.42. The zero-order valence-corrected chi connectivity index (χ0v) is 9.08. The Hall–Kier alpha value is -0.570. The van der Waals surface area contributed by atoms with Gasteiger partial charge in [-0.15, -0.1) is 0 Å². The van der Waals surface area contributed by atoms with Gasteiger partial charge in [0.1, 0.15) is 0 Å². The Bertz CT molecular complexity index is 235. The zero-order chi connectivity index (χ0) is 10.2. The number of nitrogens with zero attached hydrogens (tertiary/aromatic N) is 1. The van der Waals surface area contributed by atoms with Gasteiger partial charge in [-0.2, -0.15) is 0 Å². The number of likely N-dealkylation sites (tertiary alicyclic amines) is 1. The van der Waals surface area contributed by atoms with E-state index in [0.717, 1.165) is 19.4 Å². The second kappa shape index (κ2) is 3.54. The maximum atomic E-state index is 12.2. The van der Waals surface area contributed by atoms with Crippen LogP contribution in [0.2, 0.25) is 0 Å². The molecule has 0 radical (unpaired) electrons. The van der Waals surface area contributed by atoms with Gasteiger partial charge in [-0.25, -0.2) is 0 Å². The largest absolute Gasteiger partial charge is 0.379 e. The van der Waals surface area contributed by atoms with Gasteiger partial charge in [-0.1, -0.05) is 0 Å². The molecule has 0 bridgehead atoms. The summed E-state index contributed by atoms with van der Waals surface area (Å²) in [6, 6.07) is 0.425. The van der Waals surface area contributed by atoms with E-state index in [2.05, 4.69) is 6.92 Å². The van der Waals surface area contributed by atoms with Gasteiger partial charge in [-0.3, -0.25) is 4.79 Å². The SMILES string of the molecule is C[C@H]1CCCCN1C(=O)C1(C)COC1. The van der Waals surface area contributed by atoms with E-state index in [1.54, 1.807) is 0 Å². The first-order chi connectivity index (χ1) is 6.63. The molecular weight excluding hydrogens is 178 g/mol. The van der Waals surface area contributed by atoms with E-state index in [9.17, 15) is 4.79 Å². The molecule has 0 aliphatic carbocycles. The molecule has 0 spiro atoms. The summed E-state index contributed by atoms with van der Waals surface area (Å²) in [5, 5.41) is 0. The molecule has 0 saturated carbocycles. The quantitative estimate of drug-likeness (QED) is 0.636. The van der Waals surface area contributed by atoms with Crippen LogP contribution in [0.25, 0.3) is 0 Å². The number of amides is 1. The molecule has 1 amide bonds. The third kappa shape index (κ3) is 1.54. The Labute approximate surface area is 85.4 Å². The summed E-state index contributed by atoms with van der Waals surface area (Å²) >= 11 is 0. The van der Waals surface area contributed by atoms with Gasteiger partial charge >= 0.3 is 0 Å². The van der Waals surface area contributed by atoms with Crippen LogP contribution in [0.1, 0.15) is 33.1 Å². The lowest BCUT2D eigenvalue weighted by atomic mass is 9.85. The minimum Gasteiger partial charge on any atom is -0.379 e. The van der Waals surface area contributed by atoms with Crippen LogP contribution in [0.4, 0.5) is 0 Å². The van der Waals surface area contributed by atoms with Crippen LogP contribution in [0.15, 0.2) is 0 Å². The molecule has 2 rings (SSSR count). The monoisotopic (exact) mass is 197 g/mol. The average molecular weight is 197 g/mol. The lowest BCUT2D eigenvalue weighted by Gasteiger charge is -2.44. The molecule has 0 aromatic carbocycles. The molecule has 2 saturated heterocycles. The highest BCUT2D eigenvalue weighted by atomic mass is 16.5. The fourth-order valence-electron chi connectivity index (χ4n) is 2.28. The first kappa shape index (κ1) is 9.97. The van der Waals surface area contributed by atoms with Crippen molar-refractivity contribution in [1.82, 2.24) is 4.90 Å². The Kier molecular flexibility index (Phi) is 2.52. The summed E-state index contributed by atoms with van der Waals surface area (Å²) < 4.78 is 5.14. The van der Waals surface area contributed by atoms with Crippen molar-refractivity contribution in [2.24, 2.45) is 5.41 Å². The lowest BCUT2D eigenvalue weighted by Crippen LogP contribution is -2.56. The molecular formula is C11H19NO2. The van der Waals surface area contributed by atoms with Crippen molar-refractivity contribution in [2.75, 3.05) is 19.8 Å². The van der Waals surface area contributed by atoms with Gasteiger partial charge < -0.3 is 9.64 Å². The smallest absolute Gasteiger partial charge is 0.233 e.